The van der Waals surface area contributed by atoms with Crippen molar-refractivity contribution < 1.29 is 20.1 Å². The van der Waals surface area contributed by atoms with Gasteiger partial charge in [0.15, 0.2) is 0 Å². The summed E-state index contributed by atoms with van der Waals surface area (Å²) in [4.78, 5) is 12.5. The zero-order valence-corrected chi connectivity index (χ0v) is 34.5. The molecule has 0 saturated heterocycles. The summed E-state index contributed by atoms with van der Waals surface area (Å²) in [6, 6.07) is -0.711. The van der Waals surface area contributed by atoms with Crippen molar-refractivity contribution in [3.05, 3.63) is 12.2 Å². The predicted molar refractivity (Wildman–Crippen MR) is 222 cm³/mol. The van der Waals surface area contributed by atoms with Crippen LogP contribution >= 0.6 is 0 Å². The van der Waals surface area contributed by atoms with Crippen LogP contribution < -0.4 is 5.32 Å². The summed E-state index contributed by atoms with van der Waals surface area (Å²) in [5.41, 5.74) is 0. The van der Waals surface area contributed by atoms with E-state index in [1.807, 2.05) is 0 Å². The molecule has 4 N–H and O–H groups in total. The van der Waals surface area contributed by atoms with Gasteiger partial charge in [-0.3, -0.25) is 4.79 Å². The highest BCUT2D eigenvalue weighted by Gasteiger charge is 2.23. The lowest BCUT2D eigenvalue weighted by molar-refractivity contribution is -0.131. The van der Waals surface area contributed by atoms with Crippen LogP contribution in [0.3, 0.4) is 0 Å². The number of carbonyl (C=O) groups excluding carboxylic acids is 1. The molecule has 1 amide bonds. The molecule has 3 atom stereocenters. The maximum absolute atomic E-state index is 12.5. The number of carbonyl (C=O) groups is 1. The van der Waals surface area contributed by atoms with Gasteiger partial charge in [0.1, 0.15) is 6.10 Å². The normalized spacial score (nSPS) is 13.6. The molecule has 0 aliphatic heterocycles. The van der Waals surface area contributed by atoms with Gasteiger partial charge < -0.3 is 20.6 Å². The van der Waals surface area contributed by atoms with Gasteiger partial charge in [0.2, 0.25) is 5.91 Å². The van der Waals surface area contributed by atoms with Crippen LogP contribution in [0.15, 0.2) is 12.2 Å². The predicted octanol–water partition coefficient (Wildman–Crippen LogP) is 13.2. The third-order valence-corrected chi connectivity index (χ3v) is 10.9. The van der Waals surface area contributed by atoms with E-state index in [1.54, 1.807) is 0 Å². The van der Waals surface area contributed by atoms with Gasteiger partial charge in [-0.25, -0.2) is 0 Å². The summed E-state index contributed by atoms with van der Waals surface area (Å²) >= 11 is 0. The van der Waals surface area contributed by atoms with E-state index in [0.29, 0.717) is 12.8 Å². The molecule has 0 rings (SSSR count). The van der Waals surface area contributed by atoms with E-state index in [9.17, 15) is 20.1 Å². The highest BCUT2D eigenvalue weighted by Crippen LogP contribution is 2.16. The van der Waals surface area contributed by atoms with E-state index < -0.39 is 24.2 Å². The Morgan fingerprint density at radius 3 is 1.08 bits per heavy atom. The highest BCUT2D eigenvalue weighted by molar-refractivity contribution is 5.80. The van der Waals surface area contributed by atoms with E-state index >= 15 is 0 Å². The first-order chi connectivity index (χ1) is 25.1. The fraction of sp³-hybridized carbons (Fsp3) is 0.935. The molecule has 0 aliphatic carbocycles. The lowest BCUT2D eigenvalue weighted by Crippen LogP contribution is -2.49. The zero-order valence-electron chi connectivity index (χ0n) is 34.5. The second-order valence-corrected chi connectivity index (χ2v) is 16.0. The molecule has 0 aliphatic rings. The summed E-state index contributed by atoms with van der Waals surface area (Å²) in [5.74, 6) is -0.472. The number of amides is 1. The van der Waals surface area contributed by atoms with Gasteiger partial charge in [0, 0.05) is 0 Å². The number of aliphatic hydroxyl groups is 3. The summed E-state index contributed by atoms with van der Waals surface area (Å²) < 4.78 is 0. The summed E-state index contributed by atoms with van der Waals surface area (Å²) in [5, 5.41) is 33.4. The minimum atomic E-state index is -1.08. The van der Waals surface area contributed by atoms with Gasteiger partial charge >= 0.3 is 0 Å². The van der Waals surface area contributed by atoms with Gasteiger partial charge in [-0.15, -0.1) is 0 Å². The van der Waals surface area contributed by atoms with Crippen molar-refractivity contribution in [2.75, 3.05) is 6.61 Å². The van der Waals surface area contributed by atoms with Crippen LogP contribution in [-0.2, 0) is 4.79 Å². The molecular formula is C46H91NO4. The molecule has 0 aromatic rings. The molecule has 0 fully saturated rings. The molecule has 304 valence electrons. The van der Waals surface area contributed by atoms with Crippen LogP contribution in [-0.4, -0.2) is 46.1 Å². The van der Waals surface area contributed by atoms with Crippen molar-refractivity contribution in [2.45, 2.75) is 270 Å². The number of aliphatic hydroxyl groups excluding tert-OH is 3. The number of allylic oxidation sites excluding steroid dienone is 2. The Morgan fingerprint density at radius 1 is 0.451 bits per heavy atom. The molecule has 0 aromatic carbocycles. The fourth-order valence-corrected chi connectivity index (χ4v) is 7.25. The Morgan fingerprint density at radius 2 is 0.745 bits per heavy atom. The van der Waals surface area contributed by atoms with Crippen LogP contribution in [0, 0.1) is 0 Å². The molecule has 0 aromatic heterocycles. The first-order valence-electron chi connectivity index (χ1n) is 23.0. The molecule has 0 radical (unpaired) electrons. The Hall–Kier alpha value is -0.910. The van der Waals surface area contributed by atoms with Gasteiger partial charge in [0.05, 0.1) is 18.8 Å². The first-order valence-corrected chi connectivity index (χ1v) is 23.0. The average molecular weight is 722 g/mol. The number of rotatable bonds is 42. The zero-order chi connectivity index (χ0) is 37.3. The van der Waals surface area contributed by atoms with Crippen LogP contribution in [0.25, 0.3) is 0 Å². The third kappa shape index (κ3) is 37.2. The summed E-state index contributed by atoms with van der Waals surface area (Å²) in [7, 11) is 0. The average Bonchev–Trinajstić information content (AvgIpc) is 3.13. The largest absolute Gasteiger partial charge is 0.394 e. The van der Waals surface area contributed by atoms with E-state index in [4.69, 9.17) is 0 Å². The van der Waals surface area contributed by atoms with Gasteiger partial charge in [-0.2, -0.15) is 0 Å². The Kier molecular flexibility index (Phi) is 41.1. The highest BCUT2D eigenvalue weighted by atomic mass is 16.3. The van der Waals surface area contributed by atoms with Crippen LogP contribution in [0.4, 0.5) is 0 Å². The fourth-order valence-electron chi connectivity index (χ4n) is 7.25. The molecule has 0 heterocycles. The Balaban J connectivity index is 3.60. The van der Waals surface area contributed by atoms with Crippen molar-refractivity contribution in [1.29, 1.82) is 0 Å². The minimum absolute atomic E-state index is 0.312. The third-order valence-electron chi connectivity index (χ3n) is 10.9. The van der Waals surface area contributed by atoms with Crippen LogP contribution in [0.1, 0.15) is 251 Å². The van der Waals surface area contributed by atoms with Crippen molar-refractivity contribution in [1.82, 2.24) is 5.32 Å². The molecule has 5 nitrogen and oxygen atoms in total. The van der Waals surface area contributed by atoms with E-state index in [-0.39, 0.29) is 6.61 Å². The van der Waals surface area contributed by atoms with Crippen molar-refractivity contribution in [3.8, 4) is 0 Å². The summed E-state index contributed by atoms with van der Waals surface area (Å²) in [6.45, 7) is 4.25. The number of unbranched alkanes of at least 4 members (excludes halogenated alkanes) is 32. The van der Waals surface area contributed by atoms with Gasteiger partial charge in [0.25, 0.3) is 0 Å². The second-order valence-electron chi connectivity index (χ2n) is 16.0. The number of hydrogen-bond acceptors (Lipinski definition) is 4. The van der Waals surface area contributed by atoms with E-state index in [1.165, 1.54) is 193 Å². The van der Waals surface area contributed by atoms with Gasteiger partial charge in [-0.05, 0) is 38.5 Å². The molecule has 0 bridgehead atoms. The number of hydrogen-bond donors (Lipinski definition) is 4. The monoisotopic (exact) mass is 722 g/mol. The van der Waals surface area contributed by atoms with Crippen molar-refractivity contribution >= 4 is 5.91 Å². The lowest BCUT2D eigenvalue weighted by atomic mass is 10.0. The lowest BCUT2D eigenvalue weighted by Gasteiger charge is -2.23. The molecule has 51 heavy (non-hydrogen) atoms. The molecule has 0 spiro atoms. The van der Waals surface area contributed by atoms with Crippen molar-refractivity contribution in [2.24, 2.45) is 0 Å². The second kappa shape index (κ2) is 41.8. The Labute approximate surface area is 319 Å². The summed E-state index contributed by atoms with van der Waals surface area (Å²) in [6.07, 6.45) is 49.3. The quantitative estimate of drug-likeness (QED) is 0.0373. The molecule has 0 saturated carbocycles. The van der Waals surface area contributed by atoms with E-state index in [0.717, 1.165) is 32.1 Å². The van der Waals surface area contributed by atoms with Crippen molar-refractivity contribution in [3.63, 3.8) is 0 Å². The van der Waals surface area contributed by atoms with Gasteiger partial charge in [-0.1, -0.05) is 225 Å². The smallest absolute Gasteiger partial charge is 0.249 e. The molecule has 5 heteroatoms. The topological polar surface area (TPSA) is 89.8 Å². The maximum Gasteiger partial charge on any atom is 0.249 e. The SMILES string of the molecule is CCCCCCCCCCC/C=C\CCCCCCCCC(O)C(=O)NC(CO)C(O)CCCCCCCCCCCCCCCCCCCC. The van der Waals surface area contributed by atoms with Crippen LogP contribution in [0.2, 0.25) is 0 Å². The number of nitrogens with one attached hydrogen (secondary N) is 1. The standard InChI is InChI=1S/C46H91NO4/c1-3-5-7-9-11-13-15-17-19-21-23-25-27-29-31-33-35-37-39-41-45(50)46(51)47-43(42-48)44(49)40-38-36-34-32-30-28-26-24-22-20-18-16-14-12-10-8-6-4-2/h23,25,43-45,48-50H,3-22,24,26-42H2,1-2H3,(H,47,51)/b25-23-. The molecular weight excluding hydrogens is 631 g/mol. The maximum atomic E-state index is 12.5. The Bertz CT molecular complexity index is 713. The van der Waals surface area contributed by atoms with Crippen LogP contribution in [0.5, 0.6) is 0 Å². The molecule has 3 unspecified atom stereocenters. The first kappa shape index (κ1) is 50.1. The minimum Gasteiger partial charge on any atom is -0.394 e. The van der Waals surface area contributed by atoms with E-state index in [2.05, 4.69) is 31.3 Å².